The standard InChI is InChI=1S/C23H40N2O6/c1-6-29-21(26)16-7-9-19(10-8-16)30-15-18-11-17(24-13-20(14-24)28-5)12-25(18)22(27)31-23(2,3)4/h16-20H,6-15H2,1-5H3/t16-,17-,18-,19-/m0/s1. The second-order valence-corrected chi connectivity index (χ2v) is 10.0. The molecule has 2 heterocycles. The van der Waals surface area contributed by atoms with Crippen LogP contribution in [0.2, 0.25) is 0 Å². The minimum Gasteiger partial charge on any atom is -0.466 e. The average Bonchev–Trinajstić information content (AvgIpc) is 3.09. The molecule has 3 rings (SSSR count). The van der Waals surface area contributed by atoms with Gasteiger partial charge in [-0.05, 0) is 59.8 Å². The molecule has 0 aromatic rings. The van der Waals surface area contributed by atoms with Gasteiger partial charge in [-0.1, -0.05) is 0 Å². The van der Waals surface area contributed by atoms with Crippen molar-refractivity contribution in [2.75, 3.05) is 40.0 Å². The molecule has 0 N–H and O–H groups in total. The monoisotopic (exact) mass is 440 g/mol. The second kappa shape index (κ2) is 10.5. The lowest BCUT2D eigenvalue weighted by molar-refractivity contribution is -0.150. The molecular weight excluding hydrogens is 400 g/mol. The molecule has 2 saturated heterocycles. The summed E-state index contributed by atoms with van der Waals surface area (Å²) in [5.41, 5.74) is -0.524. The van der Waals surface area contributed by atoms with Crippen molar-refractivity contribution in [3.8, 4) is 0 Å². The predicted octanol–water partition coefficient (Wildman–Crippen LogP) is 2.83. The van der Waals surface area contributed by atoms with Crippen LogP contribution in [0.3, 0.4) is 0 Å². The number of rotatable bonds is 7. The topological polar surface area (TPSA) is 77.5 Å². The first-order valence-electron chi connectivity index (χ1n) is 11.7. The van der Waals surface area contributed by atoms with Gasteiger partial charge in [-0.15, -0.1) is 0 Å². The first-order chi connectivity index (χ1) is 14.7. The lowest BCUT2D eigenvalue weighted by Gasteiger charge is -2.42. The van der Waals surface area contributed by atoms with Gasteiger partial charge in [0.15, 0.2) is 0 Å². The van der Waals surface area contributed by atoms with Crippen LogP contribution >= 0.6 is 0 Å². The molecule has 1 aliphatic carbocycles. The van der Waals surface area contributed by atoms with Crippen LogP contribution in [0, 0.1) is 5.92 Å². The first kappa shape index (κ1) is 24.3. The van der Waals surface area contributed by atoms with Crippen LogP contribution in [-0.4, -0.2) is 91.7 Å². The van der Waals surface area contributed by atoms with Crippen LogP contribution in [-0.2, 0) is 23.7 Å². The smallest absolute Gasteiger partial charge is 0.410 e. The molecule has 1 amide bonds. The zero-order valence-electron chi connectivity index (χ0n) is 19.8. The van der Waals surface area contributed by atoms with E-state index in [1.54, 1.807) is 7.11 Å². The SMILES string of the molecule is CCOC(=O)[C@H]1CC[C@H](OC[C@@H]2C[C@H](N3CC(OC)C3)CN2C(=O)OC(C)(C)C)CC1. The van der Waals surface area contributed by atoms with Crippen LogP contribution < -0.4 is 0 Å². The zero-order valence-corrected chi connectivity index (χ0v) is 19.8. The minimum atomic E-state index is -0.524. The van der Waals surface area contributed by atoms with E-state index in [9.17, 15) is 9.59 Å². The van der Waals surface area contributed by atoms with E-state index in [2.05, 4.69) is 4.90 Å². The fourth-order valence-corrected chi connectivity index (χ4v) is 4.75. The fourth-order valence-electron chi connectivity index (χ4n) is 4.75. The first-order valence-corrected chi connectivity index (χ1v) is 11.7. The van der Waals surface area contributed by atoms with Crippen molar-refractivity contribution in [1.29, 1.82) is 0 Å². The van der Waals surface area contributed by atoms with Crippen LogP contribution in [0.1, 0.15) is 59.8 Å². The number of esters is 1. The van der Waals surface area contributed by atoms with E-state index in [-0.39, 0.29) is 30.1 Å². The maximum atomic E-state index is 12.9. The molecular formula is C23H40N2O6. The lowest BCUT2D eigenvalue weighted by atomic mass is 9.87. The summed E-state index contributed by atoms with van der Waals surface area (Å²) in [7, 11) is 1.75. The maximum absolute atomic E-state index is 12.9. The molecule has 8 heteroatoms. The Morgan fingerprint density at radius 1 is 1.00 bits per heavy atom. The summed E-state index contributed by atoms with van der Waals surface area (Å²) in [5.74, 6) is -0.0892. The Hall–Kier alpha value is -1.38. The molecule has 31 heavy (non-hydrogen) atoms. The largest absolute Gasteiger partial charge is 0.466 e. The van der Waals surface area contributed by atoms with Crippen molar-refractivity contribution in [1.82, 2.24) is 9.80 Å². The van der Waals surface area contributed by atoms with E-state index in [1.807, 2.05) is 32.6 Å². The molecule has 0 aromatic carbocycles. The van der Waals surface area contributed by atoms with Crippen molar-refractivity contribution in [3.05, 3.63) is 0 Å². The number of carbonyl (C=O) groups excluding carboxylic acids is 2. The van der Waals surface area contributed by atoms with E-state index >= 15 is 0 Å². The van der Waals surface area contributed by atoms with Gasteiger partial charge in [-0.2, -0.15) is 0 Å². The zero-order chi connectivity index (χ0) is 22.6. The summed E-state index contributed by atoms with van der Waals surface area (Å²) < 4.78 is 22.5. The van der Waals surface area contributed by atoms with Gasteiger partial charge >= 0.3 is 12.1 Å². The molecule has 0 aromatic heterocycles. The molecule has 0 spiro atoms. The number of hydrogen-bond donors (Lipinski definition) is 0. The van der Waals surface area contributed by atoms with Crippen molar-refractivity contribution < 1.29 is 28.5 Å². The van der Waals surface area contributed by atoms with Crippen molar-refractivity contribution in [2.24, 2.45) is 5.92 Å². The highest BCUT2D eigenvalue weighted by atomic mass is 16.6. The van der Waals surface area contributed by atoms with Crippen molar-refractivity contribution in [2.45, 2.75) is 89.7 Å². The Morgan fingerprint density at radius 2 is 1.68 bits per heavy atom. The maximum Gasteiger partial charge on any atom is 0.410 e. The lowest BCUT2D eigenvalue weighted by Crippen LogP contribution is -2.56. The number of nitrogens with zero attached hydrogens (tertiary/aromatic N) is 2. The van der Waals surface area contributed by atoms with E-state index in [1.165, 1.54) is 0 Å². The highest BCUT2D eigenvalue weighted by Crippen LogP contribution is 2.31. The molecule has 8 nitrogen and oxygen atoms in total. The third-order valence-electron chi connectivity index (χ3n) is 6.56. The normalized spacial score (nSPS) is 30.2. The Kier molecular flexibility index (Phi) is 8.21. The molecule has 3 aliphatic rings. The molecule has 2 atom stereocenters. The summed E-state index contributed by atoms with van der Waals surface area (Å²) in [4.78, 5) is 29.0. The van der Waals surface area contributed by atoms with Crippen LogP contribution in [0.25, 0.3) is 0 Å². The third kappa shape index (κ3) is 6.56. The molecule has 178 valence electrons. The van der Waals surface area contributed by atoms with Gasteiger partial charge < -0.3 is 23.8 Å². The number of carbonyl (C=O) groups is 2. The number of methoxy groups -OCH3 is 1. The van der Waals surface area contributed by atoms with E-state index in [0.29, 0.717) is 31.9 Å². The number of ether oxygens (including phenoxy) is 4. The number of hydrogen-bond acceptors (Lipinski definition) is 7. The molecule has 1 saturated carbocycles. The van der Waals surface area contributed by atoms with Crippen LogP contribution in [0.15, 0.2) is 0 Å². The predicted molar refractivity (Wildman–Crippen MR) is 116 cm³/mol. The van der Waals surface area contributed by atoms with Gasteiger partial charge in [0.05, 0.1) is 37.4 Å². The van der Waals surface area contributed by atoms with Gasteiger partial charge in [0.1, 0.15) is 5.60 Å². The third-order valence-corrected chi connectivity index (χ3v) is 6.56. The molecule has 0 bridgehead atoms. The van der Waals surface area contributed by atoms with Gasteiger partial charge in [0, 0.05) is 32.8 Å². The van der Waals surface area contributed by atoms with Gasteiger partial charge in [0.2, 0.25) is 0 Å². The minimum absolute atomic E-state index is 0.00391. The Bertz CT molecular complexity index is 608. The average molecular weight is 441 g/mol. The second-order valence-electron chi connectivity index (χ2n) is 10.0. The highest BCUT2D eigenvalue weighted by Gasteiger charge is 2.43. The summed E-state index contributed by atoms with van der Waals surface area (Å²) in [6.45, 7) is 10.9. The summed E-state index contributed by atoms with van der Waals surface area (Å²) in [6, 6.07) is 0.316. The Balaban J connectivity index is 1.52. The van der Waals surface area contributed by atoms with Crippen LogP contribution in [0.4, 0.5) is 4.79 Å². The molecule has 2 aliphatic heterocycles. The summed E-state index contributed by atoms with van der Waals surface area (Å²) in [5, 5.41) is 0. The van der Waals surface area contributed by atoms with Gasteiger partial charge in [-0.3, -0.25) is 9.69 Å². The number of likely N-dealkylation sites (tertiary alicyclic amines) is 2. The van der Waals surface area contributed by atoms with E-state index in [4.69, 9.17) is 18.9 Å². The summed E-state index contributed by atoms with van der Waals surface area (Å²) >= 11 is 0. The highest BCUT2D eigenvalue weighted by molar-refractivity contribution is 5.72. The van der Waals surface area contributed by atoms with E-state index < -0.39 is 5.60 Å². The molecule has 0 radical (unpaired) electrons. The molecule has 3 fully saturated rings. The van der Waals surface area contributed by atoms with E-state index in [0.717, 1.165) is 45.2 Å². The Morgan fingerprint density at radius 3 is 2.26 bits per heavy atom. The van der Waals surface area contributed by atoms with Gasteiger partial charge in [0.25, 0.3) is 0 Å². The fraction of sp³-hybridized carbons (Fsp3) is 0.913. The quantitative estimate of drug-likeness (QED) is 0.563. The van der Waals surface area contributed by atoms with Crippen molar-refractivity contribution >= 4 is 12.1 Å². The Labute approximate surface area is 186 Å². The molecule has 0 unspecified atom stereocenters. The van der Waals surface area contributed by atoms with Crippen molar-refractivity contribution in [3.63, 3.8) is 0 Å². The van der Waals surface area contributed by atoms with Crippen LogP contribution in [0.5, 0.6) is 0 Å². The number of amides is 1. The summed E-state index contributed by atoms with van der Waals surface area (Å²) in [6.07, 6.45) is 4.36. The van der Waals surface area contributed by atoms with Gasteiger partial charge in [-0.25, -0.2) is 4.79 Å².